The molecule has 0 bridgehead atoms. The van der Waals surface area contributed by atoms with Crippen LogP contribution in [0.2, 0.25) is 0 Å². The van der Waals surface area contributed by atoms with Crippen molar-refractivity contribution in [2.75, 3.05) is 4.90 Å². The standard InChI is InChI=1S/C24H20N2O5/c1-16-6-2-3-7-18(16)15-25-21-9-5-4-8-20(21)24(29,23(25)28)14-22(27)17-10-12-19(13-11-17)26(30)31/h2-13,29H,14-15H2,1H3. The van der Waals surface area contributed by atoms with E-state index in [4.69, 9.17) is 0 Å². The van der Waals surface area contributed by atoms with E-state index < -0.39 is 28.6 Å². The number of carbonyl (C=O) groups is 2. The van der Waals surface area contributed by atoms with Crippen molar-refractivity contribution in [2.45, 2.75) is 25.5 Å². The summed E-state index contributed by atoms with van der Waals surface area (Å²) in [4.78, 5) is 38.0. The van der Waals surface area contributed by atoms with Gasteiger partial charge in [-0.15, -0.1) is 0 Å². The zero-order valence-corrected chi connectivity index (χ0v) is 16.8. The zero-order valence-electron chi connectivity index (χ0n) is 16.8. The highest BCUT2D eigenvalue weighted by molar-refractivity contribution is 6.10. The normalized spacial score (nSPS) is 17.5. The lowest BCUT2D eigenvalue weighted by atomic mass is 9.88. The van der Waals surface area contributed by atoms with Gasteiger partial charge in [0.2, 0.25) is 0 Å². The molecule has 3 aromatic carbocycles. The fourth-order valence-electron chi connectivity index (χ4n) is 3.90. The van der Waals surface area contributed by atoms with Crippen LogP contribution in [0.5, 0.6) is 0 Å². The molecule has 3 aromatic rings. The van der Waals surface area contributed by atoms with Crippen LogP contribution in [0.3, 0.4) is 0 Å². The first-order valence-electron chi connectivity index (χ1n) is 9.77. The summed E-state index contributed by atoms with van der Waals surface area (Å²) in [5, 5.41) is 22.2. The Balaban J connectivity index is 1.65. The lowest BCUT2D eigenvalue weighted by molar-refractivity contribution is -0.384. The number of ketones is 1. The third-order valence-electron chi connectivity index (χ3n) is 5.65. The van der Waals surface area contributed by atoms with Gasteiger partial charge in [-0.2, -0.15) is 0 Å². The number of non-ortho nitro benzene ring substituents is 1. The molecule has 0 saturated heterocycles. The molecule has 0 radical (unpaired) electrons. The number of aliphatic hydroxyl groups is 1. The van der Waals surface area contributed by atoms with Gasteiger partial charge < -0.3 is 10.0 Å². The molecule has 0 fully saturated rings. The fourth-order valence-corrected chi connectivity index (χ4v) is 3.90. The summed E-state index contributed by atoms with van der Waals surface area (Å²) in [5.74, 6) is -1.04. The van der Waals surface area contributed by atoms with Crippen molar-refractivity contribution < 1.29 is 19.6 Å². The van der Waals surface area contributed by atoms with Crippen LogP contribution in [0.25, 0.3) is 0 Å². The van der Waals surface area contributed by atoms with E-state index in [2.05, 4.69) is 0 Å². The van der Waals surface area contributed by atoms with Crippen molar-refractivity contribution in [1.29, 1.82) is 0 Å². The number of nitrogens with zero attached hydrogens (tertiary/aromatic N) is 2. The van der Waals surface area contributed by atoms with Gasteiger partial charge in [0.25, 0.3) is 11.6 Å². The molecule has 31 heavy (non-hydrogen) atoms. The maximum absolute atomic E-state index is 13.3. The van der Waals surface area contributed by atoms with Crippen LogP contribution >= 0.6 is 0 Å². The number of anilines is 1. The second kappa shape index (κ2) is 7.77. The Labute approximate surface area is 178 Å². The van der Waals surface area contributed by atoms with Crippen LogP contribution in [-0.2, 0) is 16.9 Å². The number of nitro groups is 1. The Morgan fingerprint density at radius 3 is 2.35 bits per heavy atom. The summed E-state index contributed by atoms with van der Waals surface area (Å²) in [6, 6.07) is 19.7. The summed E-state index contributed by atoms with van der Waals surface area (Å²) < 4.78 is 0. The van der Waals surface area contributed by atoms with Crippen LogP contribution in [0, 0.1) is 17.0 Å². The van der Waals surface area contributed by atoms with E-state index in [1.165, 1.54) is 29.2 Å². The molecule has 1 aliphatic rings. The maximum Gasteiger partial charge on any atom is 0.269 e. The molecule has 1 amide bonds. The molecule has 156 valence electrons. The monoisotopic (exact) mass is 416 g/mol. The van der Waals surface area contributed by atoms with Crippen molar-refractivity contribution in [3.63, 3.8) is 0 Å². The van der Waals surface area contributed by atoms with Gasteiger partial charge in [0, 0.05) is 23.3 Å². The predicted octanol–water partition coefficient (Wildman–Crippen LogP) is 3.91. The molecule has 7 heteroatoms. The minimum Gasteiger partial charge on any atom is -0.375 e. The second-order valence-corrected chi connectivity index (χ2v) is 7.60. The summed E-state index contributed by atoms with van der Waals surface area (Å²) >= 11 is 0. The molecule has 1 heterocycles. The summed E-state index contributed by atoms with van der Waals surface area (Å²) in [5.41, 5.74) is 0.960. The number of carbonyl (C=O) groups excluding carboxylic acids is 2. The average molecular weight is 416 g/mol. The Bertz CT molecular complexity index is 1190. The smallest absolute Gasteiger partial charge is 0.269 e. The van der Waals surface area contributed by atoms with Crippen molar-refractivity contribution in [3.8, 4) is 0 Å². The van der Waals surface area contributed by atoms with Crippen molar-refractivity contribution in [1.82, 2.24) is 0 Å². The summed E-state index contributed by atoms with van der Waals surface area (Å²) in [6.07, 6.45) is -0.453. The largest absolute Gasteiger partial charge is 0.375 e. The number of hydrogen-bond donors (Lipinski definition) is 1. The summed E-state index contributed by atoms with van der Waals surface area (Å²) in [6.45, 7) is 2.22. The highest BCUT2D eigenvalue weighted by Gasteiger charge is 2.50. The quantitative estimate of drug-likeness (QED) is 0.373. The molecule has 0 aromatic heterocycles. The van der Waals surface area contributed by atoms with E-state index >= 15 is 0 Å². The molecule has 4 rings (SSSR count). The summed E-state index contributed by atoms with van der Waals surface area (Å²) in [7, 11) is 0. The second-order valence-electron chi connectivity index (χ2n) is 7.60. The number of fused-ring (bicyclic) bond motifs is 1. The van der Waals surface area contributed by atoms with Crippen LogP contribution in [0.1, 0.15) is 33.5 Å². The molecule has 1 N–H and O–H groups in total. The molecular formula is C24H20N2O5. The van der Waals surface area contributed by atoms with Crippen LogP contribution in [0.15, 0.2) is 72.8 Å². The molecule has 1 atom stereocenters. The predicted molar refractivity (Wildman–Crippen MR) is 115 cm³/mol. The first-order valence-corrected chi connectivity index (χ1v) is 9.77. The van der Waals surface area contributed by atoms with Gasteiger partial charge in [-0.3, -0.25) is 19.7 Å². The van der Waals surface area contributed by atoms with E-state index in [0.717, 1.165) is 11.1 Å². The molecule has 0 aliphatic carbocycles. The molecule has 1 unspecified atom stereocenters. The zero-order chi connectivity index (χ0) is 22.2. The molecule has 7 nitrogen and oxygen atoms in total. The van der Waals surface area contributed by atoms with Gasteiger partial charge in [0.05, 0.1) is 23.6 Å². The Morgan fingerprint density at radius 2 is 1.68 bits per heavy atom. The highest BCUT2D eigenvalue weighted by atomic mass is 16.6. The van der Waals surface area contributed by atoms with E-state index in [0.29, 0.717) is 11.3 Å². The Morgan fingerprint density at radius 1 is 1.03 bits per heavy atom. The van der Waals surface area contributed by atoms with Crippen molar-refractivity contribution >= 4 is 23.1 Å². The first-order chi connectivity index (χ1) is 14.8. The molecule has 0 spiro atoms. The average Bonchev–Trinajstić information content (AvgIpc) is 2.97. The van der Waals surface area contributed by atoms with Gasteiger partial charge in [-0.25, -0.2) is 0 Å². The van der Waals surface area contributed by atoms with E-state index in [1.807, 2.05) is 31.2 Å². The minimum absolute atomic E-state index is 0.137. The fraction of sp³-hybridized carbons (Fsp3) is 0.167. The lowest BCUT2D eigenvalue weighted by Crippen LogP contribution is -2.41. The Kier molecular flexibility index (Phi) is 5.12. The van der Waals surface area contributed by atoms with Gasteiger partial charge >= 0.3 is 0 Å². The molecule has 0 saturated carbocycles. The van der Waals surface area contributed by atoms with E-state index in [-0.39, 0.29) is 17.8 Å². The third-order valence-corrected chi connectivity index (χ3v) is 5.65. The van der Waals surface area contributed by atoms with Gasteiger partial charge in [0.15, 0.2) is 11.4 Å². The first kappa shape index (κ1) is 20.4. The van der Waals surface area contributed by atoms with Crippen molar-refractivity contribution in [2.24, 2.45) is 0 Å². The van der Waals surface area contributed by atoms with E-state index in [9.17, 15) is 24.8 Å². The lowest BCUT2D eigenvalue weighted by Gasteiger charge is -2.23. The van der Waals surface area contributed by atoms with Crippen LogP contribution in [-0.4, -0.2) is 21.7 Å². The number of hydrogen-bond acceptors (Lipinski definition) is 5. The number of Topliss-reactive ketones (excluding diaryl/α,β-unsaturated/α-hetero) is 1. The number of para-hydroxylation sites is 1. The van der Waals surface area contributed by atoms with Crippen LogP contribution < -0.4 is 4.90 Å². The highest BCUT2D eigenvalue weighted by Crippen LogP contribution is 2.43. The van der Waals surface area contributed by atoms with Crippen molar-refractivity contribution in [3.05, 3.63) is 105 Å². The minimum atomic E-state index is -2.00. The number of nitro benzene ring substituents is 1. The SMILES string of the molecule is Cc1ccccc1CN1C(=O)C(O)(CC(=O)c2ccc([N+](=O)[O-])cc2)c2ccccc21. The molecular weight excluding hydrogens is 396 g/mol. The number of aryl methyl sites for hydroxylation is 1. The topological polar surface area (TPSA) is 101 Å². The number of amides is 1. The van der Waals surface area contributed by atoms with Crippen LogP contribution in [0.4, 0.5) is 11.4 Å². The van der Waals surface area contributed by atoms with Gasteiger partial charge in [0.1, 0.15) is 0 Å². The Hall–Kier alpha value is -3.84. The van der Waals surface area contributed by atoms with Gasteiger partial charge in [-0.1, -0.05) is 42.5 Å². The van der Waals surface area contributed by atoms with Gasteiger partial charge in [-0.05, 0) is 36.2 Å². The number of rotatable bonds is 6. The number of benzene rings is 3. The third kappa shape index (κ3) is 3.60. The maximum atomic E-state index is 13.3. The molecule has 1 aliphatic heterocycles. The van der Waals surface area contributed by atoms with E-state index in [1.54, 1.807) is 24.3 Å².